The van der Waals surface area contributed by atoms with E-state index >= 15 is 0 Å². The van der Waals surface area contributed by atoms with Gasteiger partial charge < -0.3 is 9.64 Å². The number of rotatable bonds is 6. The van der Waals surface area contributed by atoms with Gasteiger partial charge in [-0.25, -0.2) is 4.68 Å². The van der Waals surface area contributed by atoms with Gasteiger partial charge in [-0.2, -0.15) is 0 Å². The van der Waals surface area contributed by atoms with Gasteiger partial charge in [0.2, 0.25) is 0 Å². The van der Waals surface area contributed by atoms with Crippen LogP contribution in [0.5, 0.6) is 0 Å². The molecule has 3 aromatic rings. The molecule has 0 saturated carbocycles. The SMILES string of the molecule is C=CCN(C(=O)c1ccc2c(c1)CCOC2)C(C)c1cccc(-n2cnnn2)c1. The highest BCUT2D eigenvalue weighted by Gasteiger charge is 2.23. The summed E-state index contributed by atoms with van der Waals surface area (Å²) in [7, 11) is 0. The number of carbonyl (C=O) groups is 1. The molecule has 1 atom stereocenters. The number of carbonyl (C=O) groups excluding carboxylic acids is 1. The molecule has 0 spiro atoms. The van der Waals surface area contributed by atoms with Crippen molar-refractivity contribution in [2.75, 3.05) is 13.2 Å². The third-order valence-corrected chi connectivity index (χ3v) is 5.25. The van der Waals surface area contributed by atoms with E-state index in [1.54, 1.807) is 17.1 Å². The zero-order chi connectivity index (χ0) is 20.2. The van der Waals surface area contributed by atoms with Crippen LogP contribution >= 0.6 is 0 Å². The van der Waals surface area contributed by atoms with Gasteiger partial charge in [0, 0.05) is 12.1 Å². The molecule has 4 rings (SSSR count). The molecule has 0 aliphatic carbocycles. The molecule has 0 N–H and O–H groups in total. The fraction of sp³-hybridized carbons (Fsp3) is 0.273. The molecule has 0 radical (unpaired) electrons. The van der Waals surface area contributed by atoms with Crippen molar-refractivity contribution in [3.8, 4) is 5.69 Å². The molecular weight excluding hydrogens is 366 g/mol. The fourth-order valence-corrected chi connectivity index (χ4v) is 3.61. The summed E-state index contributed by atoms with van der Waals surface area (Å²) >= 11 is 0. The first-order chi connectivity index (χ1) is 14.2. The molecule has 0 bridgehead atoms. The summed E-state index contributed by atoms with van der Waals surface area (Å²) in [5, 5.41) is 11.3. The molecule has 1 amide bonds. The predicted octanol–water partition coefficient (Wildman–Crippen LogP) is 3.12. The first-order valence-corrected chi connectivity index (χ1v) is 9.62. The predicted molar refractivity (Wildman–Crippen MR) is 109 cm³/mol. The molecule has 0 fully saturated rings. The monoisotopic (exact) mass is 389 g/mol. The van der Waals surface area contributed by atoms with E-state index in [1.165, 1.54) is 5.56 Å². The fourth-order valence-electron chi connectivity index (χ4n) is 3.61. The maximum absolute atomic E-state index is 13.4. The maximum Gasteiger partial charge on any atom is 0.254 e. The van der Waals surface area contributed by atoms with Gasteiger partial charge in [0.15, 0.2) is 0 Å². The van der Waals surface area contributed by atoms with E-state index < -0.39 is 0 Å². The Hall–Kier alpha value is -3.32. The van der Waals surface area contributed by atoms with Crippen LogP contribution in [0.1, 0.15) is 40.0 Å². The number of ether oxygens (including phenoxy) is 1. The second-order valence-corrected chi connectivity index (χ2v) is 7.06. The highest BCUT2D eigenvalue weighted by atomic mass is 16.5. The number of amides is 1. The molecule has 29 heavy (non-hydrogen) atoms. The van der Waals surface area contributed by atoms with Crippen molar-refractivity contribution >= 4 is 5.91 Å². The van der Waals surface area contributed by atoms with E-state index in [-0.39, 0.29) is 11.9 Å². The van der Waals surface area contributed by atoms with Crippen molar-refractivity contribution in [3.63, 3.8) is 0 Å². The Kier molecular flexibility index (Phi) is 5.48. The Morgan fingerprint density at radius 2 is 2.21 bits per heavy atom. The van der Waals surface area contributed by atoms with Crippen molar-refractivity contribution in [2.45, 2.75) is 26.0 Å². The number of tetrazole rings is 1. The Balaban J connectivity index is 1.62. The molecule has 2 aromatic carbocycles. The molecule has 0 saturated heterocycles. The first kappa shape index (κ1) is 19.0. The van der Waals surface area contributed by atoms with E-state index in [1.807, 2.05) is 54.3 Å². The third-order valence-electron chi connectivity index (χ3n) is 5.25. The largest absolute Gasteiger partial charge is 0.376 e. The minimum Gasteiger partial charge on any atom is -0.376 e. The van der Waals surface area contributed by atoms with Crippen molar-refractivity contribution < 1.29 is 9.53 Å². The standard InChI is InChI=1S/C22H23N5O2/c1-3-10-26(22(28)19-7-8-20-14-29-11-9-18(20)12-19)16(2)17-5-4-6-21(13-17)27-15-23-24-25-27/h3-8,12-13,15-16H,1,9-11,14H2,2H3. The topological polar surface area (TPSA) is 73.1 Å². The van der Waals surface area contributed by atoms with Gasteiger partial charge in [0.25, 0.3) is 5.91 Å². The molecular formula is C22H23N5O2. The highest BCUT2D eigenvalue weighted by Crippen LogP contribution is 2.26. The number of hydrogen-bond acceptors (Lipinski definition) is 5. The van der Waals surface area contributed by atoms with Crippen LogP contribution in [-0.2, 0) is 17.8 Å². The Labute approximate surface area is 169 Å². The second kappa shape index (κ2) is 8.36. The minimum atomic E-state index is -0.142. The van der Waals surface area contributed by atoms with E-state index in [2.05, 4.69) is 22.1 Å². The molecule has 1 aliphatic rings. The lowest BCUT2D eigenvalue weighted by molar-refractivity contribution is 0.0713. The maximum atomic E-state index is 13.4. The molecule has 7 nitrogen and oxygen atoms in total. The average Bonchev–Trinajstić information content (AvgIpc) is 3.31. The Morgan fingerprint density at radius 3 is 3.00 bits per heavy atom. The third kappa shape index (κ3) is 3.95. The van der Waals surface area contributed by atoms with Crippen LogP contribution in [0.2, 0.25) is 0 Å². The van der Waals surface area contributed by atoms with Gasteiger partial charge in [-0.15, -0.1) is 11.7 Å². The van der Waals surface area contributed by atoms with Crippen molar-refractivity contribution in [2.24, 2.45) is 0 Å². The van der Waals surface area contributed by atoms with Crippen LogP contribution in [0.15, 0.2) is 61.4 Å². The highest BCUT2D eigenvalue weighted by molar-refractivity contribution is 5.95. The summed E-state index contributed by atoms with van der Waals surface area (Å²) in [6, 6.07) is 13.6. The van der Waals surface area contributed by atoms with Crippen molar-refractivity contribution in [3.05, 3.63) is 83.7 Å². The lowest BCUT2D eigenvalue weighted by Gasteiger charge is -2.29. The normalized spacial score (nSPS) is 14.1. The quantitative estimate of drug-likeness (QED) is 0.606. The lowest BCUT2D eigenvalue weighted by Crippen LogP contribution is -2.34. The van der Waals surface area contributed by atoms with Crippen molar-refractivity contribution in [1.82, 2.24) is 25.1 Å². The van der Waals surface area contributed by atoms with Crippen LogP contribution in [-0.4, -0.2) is 44.2 Å². The number of aromatic nitrogens is 4. The summed E-state index contributed by atoms with van der Waals surface area (Å²) in [4.78, 5) is 15.2. The van der Waals surface area contributed by atoms with Crippen molar-refractivity contribution in [1.29, 1.82) is 0 Å². The summed E-state index contributed by atoms with van der Waals surface area (Å²) in [5.74, 6) is -0.0143. The molecule has 2 heterocycles. The van der Waals surface area contributed by atoms with Gasteiger partial charge in [-0.05, 0) is 64.7 Å². The Morgan fingerprint density at radius 1 is 1.31 bits per heavy atom. The number of hydrogen-bond donors (Lipinski definition) is 0. The molecule has 1 aromatic heterocycles. The van der Waals surface area contributed by atoms with Crippen LogP contribution in [0.4, 0.5) is 0 Å². The van der Waals surface area contributed by atoms with Crippen LogP contribution in [0.25, 0.3) is 5.69 Å². The Bertz CT molecular complexity index is 1020. The van der Waals surface area contributed by atoms with Gasteiger partial charge in [-0.1, -0.05) is 24.3 Å². The summed E-state index contributed by atoms with van der Waals surface area (Å²) in [6.45, 7) is 7.62. The summed E-state index contributed by atoms with van der Waals surface area (Å²) in [5.41, 5.74) is 4.88. The zero-order valence-electron chi connectivity index (χ0n) is 16.4. The smallest absolute Gasteiger partial charge is 0.254 e. The first-order valence-electron chi connectivity index (χ1n) is 9.62. The molecule has 1 aliphatic heterocycles. The summed E-state index contributed by atoms with van der Waals surface area (Å²) < 4.78 is 7.09. The van der Waals surface area contributed by atoms with Gasteiger partial charge in [0.1, 0.15) is 6.33 Å². The van der Waals surface area contributed by atoms with E-state index in [4.69, 9.17) is 4.74 Å². The minimum absolute atomic E-state index is 0.0143. The van der Waals surface area contributed by atoms with E-state index in [0.29, 0.717) is 25.3 Å². The van der Waals surface area contributed by atoms with E-state index in [9.17, 15) is 4.79 Å². The van der Waals surface area contributed by atoms with Crippen LogP contribution < -0.4 is 0 Å². The van der Waals surface area contributed by atoms with Gasteiger partial charge in [0.05, 0.1) is 24.9 Å². The van der Waals surface area contributed by atoms with Gasteiger partial charge in [-0.3, -0.25) is 4.79 Å². The van der Waals surface area contributed by atoms with Gasteiger partial charge >= 0.3 is 0 Å². The lowest BCUT2D eigenvalue weighted by atomic mass is 9.99. The molecule has 1 unspecified atom stereocenters. The number of nitrogens with zero attached hydrogens (tertiary/aromatic N) is 5. The summed E-state index contributed by atoms with van der Waals surface area (Å²) in [6.07, 6.45) is 4.14. The zero-order valence-corrected chi connectivity index (χ0v) is 16.4. The van der Waals surface area contributed by atoms with Crippen LogP contribution in [0.3, 0.4) is 0 Å². The molecule has 7 heteroatoms. The number of fused-ring (bicyclic) bond motifs is 1. The van der Waals surface area contributed by atoms with E-state index in [0.717, 1.165) is 23.2 Å². The average molecular weight is 389 g/mol. The van der Waals surface area contributed by atoms with Crippen LogP contribution in [0, 0.1) is 0 Å². The number of benzene rings is 2. The second-order valence-electron chi connectivity index (χ2n) is 7.06. The molecule has 148 valence electrons.